The summed E-state index contributed by atoms with van der Waals surface area (Å²) in [5.41, 5.74) is 0.139. The van der Waals surface area contributed by atoms with Crippen LogP contribution in [0.25, 0.3) is 0 Å². The van der Waals surface area contributed by atoms with Crippen LogP contribution in [0.15, 0.2) is 54.7 Å². The first-order valence-electron chi connectivity index (χ1n) is 9.48. The molecule has 0 spiro atoms. The third-order valence-electron chi connectivity index (χ3n) is 4.40. The van der Waals surface area contributed by atoms with Crippen LogP contribution in [-0.2, 0) is 6.18 Å². The fourth-order valence-corrected chi connectivity index (χ4v) is 3.03. The number of nitrogens with zero attached hydrogens (tertiary/aromatic N) is 1. The zero-order valence-corrected chi connectivity index (χ0v) is 18.1. The van der Waals surface area contributed by atoms with Gasteiger partial charge in [-0.15, -0.1) is 0 Å². The van der Waals surface area contributed by atoms with Crippen molar-refractivity contribution < 1.29 is 103 Å². The Morgan fingerprint density at radius 3 is 2.42 bits per heavy atom. The van der Waals surface area contributed by atoms with Crippen LogP contribution in [0.4, 0.5) is 29.3 Å². The summed E-state index contributed by atoms with van der Waals surface area (Å²) in [5, 5.41) is 6.93. The molecule has 0 aliphatic heterocycles. The minimum atomic E-state index is -4.65. The molecule has 2 aromatic carbocycles. The molecule has 11 heteroatoms. The van der Waals surface area contributed by atoms with Gasteiger partial charge < -0.3 is 20.7 Å². The molecule has 0 aliphatic rings. The van der Waals surface area contributed by atoms with Gasteiger partial charge in [0.25, 0.3) is 5.91 Å². The second-order valence-electron chi connectivity index (χ2n) is 6.81. The molecule has 3 N–H and O–H groups in total. The van der Waals surface area contributed by atoms with Gasteiger partial charge in [0.05, 0.1) is 10.6 Å². The monoisotopic (exact) mass is 585 g/mol. The van der Waals surface area contributed by atoms with Crippen molar-refractivity contribution in [3.8, 4) is 11.5 Å². The second-order valence-corrected chi connectivity index (χ2v) is 7.21. The Morgan fingerprint density at radius 2 is 1.76 bits per heavy atom. The minimum absolute atomic E-state index is 0. The van der Waals surface area contributed by atoms with Crippen molar-refractivity contribution in [1.82, 2.24) is 10.3 Å². The highest BCUT2D eigenvalue weighted by molar-refractivity contribution is 6.31. The van der Waals surface area contributed by atoms with Crippen LogP contribution < -0.4 is 20.7 Å². The number of hydrogen-bond acceptors (Lipinski definition) is 4. The molecule has 1 aromatic heterocycles. The summed E-state index contributed by atoms with van der Waals surface area (Å²) in [6.07, 6.45) is -3.21. The molecule has 3 aromatic rings. The maximum Gasteiger partial charge on any atom is 0.417 e. The van der Waals surface area contributed by atoms with Gasteiger partial charge in [0.15, 0.2) is 0 Å². The SMILES string of the molecule is CNC(=O)c1cc(Oc2ccc(NC(=O)Nc3ccc(Cl)c(C(F)(F)F)c3)c(C)c2)ccn1.[HH].[HH].[HH].[HH].[HH].[HH].[HH].[HH].[HH].[HH].[HH].[HH].[HH].[HH].[HH].[HH].[HH].[HH].[HH].[HH].[HH].[HH].[HH].[HH].[HH].[HH].[HH].[HH].[HH].[HH].[HH].[HH].[HH].[HH].[HH].[HH].[HH].[HH].[HH].[HH].[HH].[HH].[HH].[HH].[HH].[HH].[HH].[HH].[HH].[HH].[HH].[HH].[HH]. The standard InChI is InChI=1S/C22H18ClF3N4O3.53H2/c1-12-9-14(33-15-7-8-28-19(11-15)20(31)27-2)4-6-18(12)30-21(32)29-13-3-5-17(23)16(10-13)22(24,25)26;;;;;;;;;;;;;;;;;;;;;;;;;;;;;;;;;;;;;;;;;;;;;;;;;;;;;/h3-11H,1-2H3,(H,27,31)(H2,29,30,32);53*1H. The predicted octanol–water partition coefficient (Wildman–Crippen LogP) is 18.9. The molecule has 1 heterocycles. The Hall–Kier alpha value is -3.79. The number of hydrogen-bond donors (Lipinski definition) is 3. The molecule has 0 saturated carbocycles. The number of ether oxygens (including phenoxy) is 1. The number of aromatic nitrogens is 1. The fraction of sp³-hybridized carbons (Fsp3) is 0.136. The van der Waals surface area contributed by atoms with Gasteiger partial charge in [0.2, 0.25) is 0 Å². The first-order valence-corrected chi connectivity index (χ1v) is 9.86. The van der Waals surface area contributed by atoms with E-state index in [2.05, 4.69) is 20.9 Å². The normalized spacial score (nSPS) is 11.0. The third kappa shape index (κ3) is 6.13. The van der Waals surface area contributed by atoms with E-state index >= 15 is 0 Å². The topological polar surface area (TPSA) is 92.4 Å². The first kappa shape index (κ1) is 23.9. The maximum atomic E-state index is 13.0. The van der Waals surface area contributed by atoms with E-state index in [1.165, 1.54) is 25.4 Å². The predicted molar refractivity (Wildman–Crippen MR) is 230 cm³/mol. The highest BCUT2D eigenvalue weighted by atomic mass is 35.5. The van der Waals surface area contributed by atoms with E-state index in [4.69, 9.17) is 16.3 Å². The summed E-state index contributed by atoms with van der Waals surface area (Å²) < 4.78 is 44.7. The van der Waals surface area contributed by atoms with E-state index in [1.807, 2.05) is 0 Å². The molecule has 3 amide bonds. The lowest BCUT2D eigenvalue weighted by atomic mass is 10.2. The molecule has 0 unspecified atom stereocenters. The molecule has 0 radical (unpaired) electrons. The van der Waals surface area contributed by atoms with Crippen LogP contribution in [0.1, 0.15) is 97.2 Å². The van der Waals surface area contributed by atoms with Gasteiger partial charge >= 0.3 is 12.2 Å². The molecule has 7 nitrogen and oxygen atoms in total. The Bertz CT molecular complexity index is 1280. The fourth-order valence-electron chi connectivity index (χ4n) is 2.81. The van der Waals surface area contributed by atoms with E-state index in [-0.39, 0.29) is 92.9 Å². The molecule has 33 heavy (non-hydrogen) atoms. The number of urea groups is 1. The number of aryl methyl sites for hydroxylation is 1. The molecule has 0 saturated heterocycles. The van der Waals surface area contributed by atoms with Crippen LogP contribution in [0.5, 0.6) is 11.5 Å². The Kier molecular flexibility index (Phi) is 7.07. The van der Waals surface area contributed by atoms with E-state index in [0.717, 1.165) is 12.1 Å². The van der Waals surface area contributed by atoms with Gasteiger partial charge in [0, 0.05) is 106 Å². The van der Waals surface area contributed by atoms with Crippen LogP contribution in [0.3, 0.4) is 0 Å². The van der Waals surface area contributed by atoms with Crippen molar-refractivity contribution in [2.75, 3.05) is 17.7 Å². The largest absolute Gasteiger partial charge is 0.457 e. The van der Waals surface area contributed by atoms with E-state index < -0.39 is 22.8 Å². The molecule has 3 rings (SSSR count). The van der Waals surface area contributed by atoms with Crippen molar-refractivity contribution in [3.63, 3.8) is 0 Å². The average molecular weight is 586 g/mol. The van der Waals surface area contributed by atoms with E-state index in [9.17, 15) is 22.8 Å². The van der Waals surface area contributed by atoms with E-state index in [0.29, 0.717) is 22.7 Å². The number of benzene rings is 2. The molecule has 0 atom stereocenters. The smallest absolute Gasteiger partial charge is 0.417 e. The highest BCUT2D eigenvalue weighted by Gasteiger charge is 2.33. The summed E-state index contributed by atoms with van der Waals surface area (Å²) >= 11 is 5.59. The van der Waals surface area contributed by atoms with Crippen molar-refractivity contribution in [2.45, 2.75) is 13.1 Å². The van der Waals surface area contributed by atoms with Gasteiger partial charge in [-0.3, -0.25) is 9.78 Å². The van der Waals surface area contributed by atoms with Gasteiger partial charge in [0.1, 0.15) is 17.2 Å². The molecule has 0 bridgehead atoms. The lowest BCUT2D eigenvalue weighted by molar-refractivity contribution is -0.137. The Morgan fingerprint density at radius 1 is 1.03 bits per heavy atom. The molecule has 0 fully saturated rings. The Labute approximate surface area is 270 Å². The zero-order valence-electron chi connectivity index (χ0n) is 17.4. The summed E-state index contributed by atoms with van der Waals surface area (Å²) in [6.45, 7) is 1.72. The van der Waals surface area contributed by atoms with Gasteiger partial charge in [-0.2, -0.15) is 13.2 Å². The summed E-state index contributed by atoms with van der Waals surface area (Å²) in [4.78, 5) is 27.9. The van der Waals surface area contributed by atoms with Crippen molar-refractivity contribution in [2.24, 2.45) is 0 Å². The number of anilines is 2. The number of carbonyl (C=O) groups is 2. The van der Waals surface area contributed by atoms with E-state index in [1.54, 1.807) is 31.2 Å². The first-order chi connectivity index (χ1) is 15.6. The lowest BCUT2D eigenvalue weighted by Crippen LogP contribution is -2.20. The summed E-state index contributed by atoms with van der Waals surface area (Å²) in [5.74, 6) is 0.481. The van der Waals surface area contributed by atoms with Crippen LogP contribution in [-0.4, -0.2) is 24.0 Å². The molecule has 0 aliphatic carbocycles. The number of rotatable bonds is 5. The quantitative estimate of drug-likeness (QED) is 0.278. The minimum Gasteiger partial charge on any atom is -0.457 e. The molecular formula is C22H124ClF3N4O3. The molecular weight excluding hydrogens is 461 g/mol. The number of nitrogens with one attached hydrogen (secondary N) is 3. The number of amides is 3. The van der Waals surface area contributed by atoms with Crippen molar-refractivity contribution in [1.29, 1.82) is 0 Å². The van der Waals surface area contributed by atoms with Gasteiger partial charge in [-0.1, -0.05) is 11.6 Å². The maximum absolute atomic E-state index is 13.0. The number of carbonyl (C=O) groups excluding carboxylic acids is 2. The van der Waals surface area contributed by atoms with Crippen LogP contribution in [0, 0.1) is 6.92 Å². The third-order valence-corrected chi connectivity index (χ3v) is 4.73. The highest BCUT2D eigenvalue weighted by Crippen LogP contribution is 2.36. The molecule has 278 valence electrons. The van der Waals surface area contributed by atoms with Gasteiger partial charge in [-0.25, -0.2) is 4.79 Å². The van der Waals surface area contributed by atoms with Crippen LogP contribution >= 0.6 is 11.6 Å². The number of halogens is 4. The summed E-state index contributed by atoms with van der Waals surface area (Å²) in [7, 11) is 1.49. The lowest BCUT2D eigenvalue weighted by Gasteiger charge is -2.14. The van der Waals surface area contributed by atoms with Crippen LogP contribution in [0.2, 0.25) is 5.02 Å². The number of pyridine rings is 1. The van der Waals surface area contributed by atoms with Crippen molar-refractivity contribution in [3.05, 3.63) is 76.6 Å². The Balaban J connectivity index is -0.00000000472. The second kappa shape index (κ2) is 9.78. The summed E-state index contributed by atoms with van der Waals surface area (Å²) in [6, 6.07) is 10.2. The van der Waals surface area contributed by atoms with Gasteiger partial charge in [-0.05, 0) is 55.0 Å². The average Bonchev–Trinajstić information content (AvgIpc) is 2.76. The zero-order chi connectivity index (χ0) is 24.2. The number of alkyl halides is 3. The van der Waals surface area contributed by atoms with Crippen molar-refractivity contribution >= 4 is 34.9 Å².